The molecule has 8 heteroatoms. The standard InChI is InChI=1S/C21H24N4O3S/c1-25(2)18(15-7-5-4-6-8-15)13-22-19(26)14-29-21-24-23-20(28-21)16-9-11-17(27-3)12-10-16/h4-12,18H,13-14H2,1-3H3,(H,22,26)/p+1/t18-/m0/s1. The number of carbonyl (C=O) groups is 1. The van der Waals surface area contributed by atoms with Crippen LogP contribution in [-0.2, 0) is 4.79 Å². The molecule has 0 aliphatic carbocycles. The largest absolute Gasteiger partial charge is 0.497 e. The first kappa shape index (κ1) is 20.9. The van der Waals surface area contributed by atoms with Gasteiger partial charge in [0.1, 0.15) is 11.8 Å². The van der Waals surface area contributed by atoms with Crippen molar-refractivity contribution in [2.75, 3.05) is 33.5 Å². The van der Waals surface area contributed by atoms with Crippen molar-refractivity contribution in [1.29, 1.82) is 0 Å². The number of aromatic nitrogens is 2. The molecule has 0 unspecified atom stereocenters. The zero-order valence-electron chi connectivity index (χ0n) is 16.7. The minimum absolute atomic E-state index is 0.0682. The molecule has 3 aromatic rings. The van der Waals surface area contributed by atoms with Crippen LogP contribution in [0.3, 0.4) is 0 Å². The van der Waals surface area contributed by atoms with E-state index < -0.39 is 0 Å². The molecule has 0 aliphatic rings. The normalized spacial score (nSPS) is 12.0. The second-order valence-corrected chi connectivity index (χ2v) is 7.66. The van der Waals surface area contributed by atoms with Crippen molar-refractivity contribution in [3.63, 3.8) is 0 Å². The van der Waals surface area contributed by atoms with E-state index in [0.29, 0.717) is 17.7 Å². The monoisotopic (exact) mass is 413 g/mol. The van der Waals surface area contributed by atoms with Crippen LogP contribution in [0.1, 0.15) is 11.6 Å². The quantitative estimate of drug-likeness (QED) is 0.521. The second kappa shape index (κ2) is 10.1. The number of carbonyl (C=O) groups excluding carboxylic acids is 1. The molecule has 29 heavy (non-hydrogen) atoms. The van der Waals surface area contributed by atoms with Crippen molar-refractivity contribution in [2.45, 2.75) is 11.3 Å². The Morgan fingerprint density at radius 1 is 1.14 bits per heavy atom. The SMILES string of the molecule is COc1ccc(-c2nnc(SCC(=O)NC[C@@H](c3ccccc3)[NH+](C)C)o2)cc1. The molecule has 0 saturated carbocycles. The topological polar surface area (TPSA) is 81.7 Å². The Balaban J connectivity index is 1.51. The number of nitrogens with zero attached hydrogens (tertiary/aromatic N) is 2. The molecule has 0 aliphatic heterocycles. The second-order valence-electron chi connectivity index (χ2n) is 6.73. The molecular weight excluding hydrogens is 388 g/mol. The van der Waals surface area contributed by atoms with Crippen LogP contribution in [0.4, 0.5) is 0 Å². The number of nitrogens with one attached hydrogen (secondary N) is 2. The maximum Gasteiger partial charge on any atom is 0.277 e. The van der Waals surface area contributed by atoms with E-state index in [1.165, 1.54) is 22.2 Å². The Hall–Kier alpha value is -2.84. The van der Waals surface area contributed by atoms with Gasteiger partial charge in [0.25, 0.3) is 5.22 Å². The first-order valence-corrected chi connectivity index (χ1v) is 10.3. The molecule has 0 radical (unpaired) electrons. The lowest BCUT2D eigenvalue weighted by atomic mass is 10.1. The Morgan fingerprint density at radius 3 is 2.52 bits per heavy atom. The zero-order chi connectivity index (χ0) is 20.6. The van der Waals surface area contributed by atoms with Gasteiger partial charge in [-0.25, -0.2) is 0 Å². The molecule has 3 rings (SSSR count). The maximum atomic E-state index is 12.3. The summed E-state index contributed by atoms with van der Waals surface area (Å²) in [6.45, 7) is 0.562. The van der Waals surface area contributed by atoms with Gasteiger partial charge in [0.05, 0.1) is 33.5 Å². The van der Waals surface area contributed by atoms with E-state index in [-0.39, 0.29) is 17.7 Å². The third-order valence-electron chi connectivity index (χ3n) is 4.47. The smallest absolute Gasteiger partial charge is 0.277 e. The van der Waals surface area contributed by atoms with Crippen LogP contribution in [0.15, 0.2) is 64.2 Å². The zero-order valence-corrected chi connectivity index (χ0v) is 17.5. The molecule has 0 bridgehead atoms. The lowest BCUT2D eigenvalue weighted by Gasteiger charge is -2.22. The fraction of sp³-hybridized carbons (Fsp3) is 0.286. The van der Waals surface area contributed by atoms with Crippen LogP contribution in [-0.4, -0.2) is 49.6 Å². The van der Waals surface area contributed by atoms with E-state index in [9.17, 15) is 4.79 Å². The Bertz CT molecular complexity index is 913. The third-order valence-corrected chi connectivity index (χ3v) is 5.29. The van der Waals surface area contributed by atoms with E-state index in [4.69, 9.17) is 9.15 Å². The van der Waals surface area contributed by atoms with Crippen LogP contribution in [0.2, 0.25) is 0 Å². The van der Waals surface area contributed by atoms with Gasteiger partial charge in [-0.15, -0.1) is 10.2 Å². The van der Waals surface area contributed by atoms with E-state index >= 15 is 0 Å². The summed E-state index contributed by atoms with van der Waals surface area (Å²) in [6, 6.07) is 17.7. The number of hydrogen-bond donors (Lipinski definition) is 2. The van der Waals surface area contributed by atoms with Crippen LogP contribution >= 0.6 is 11.8 Å². The minimum atomic E-state index is -0.0682. The van der Waals surface area contributed by atoms with Gasteiger partial charge < -0.3 is 19.4 Å². The number of thioether (sulfide) groups is 1. The fourth-order valence-corrected chi connectivity index (χ4v) is 3.45. The van der Waals surface area contributed by atoms with E-state index in [1.807, 2.05) is 42.5 Å². The van der Waals surface area contributed by atoms with E-state index in [0.717, 1.165) is 11.3 Å². The summed E-state index contributed by atoms with van der Waals surface area (Å²) < 4.78 is 10.8. The molecule has 7 nitrogen and oxygen atoms in total. The number of amides is 1. The summed E-state index contributed by atoms with van der Waals surface area (Å²) in [4.78, 5) is 13.5. The van der Waals surface area contributed by atoms with E-state index in [2.05, 4.69) is 41.7 Å². The predicted octanol–water partition coefficient (Wildman–Crippen LogP) is 1.84. The number of methoxy groups -OCH3 is 1. The first-order chi connectivity index (χ1) is 14.1. The summed E-state index contributed by atoms with van der Waals surface area (Å²) in [7, 11) is 5.78. The van der Waals surface area contributed by atoms with E-state index in [1.54, 1.807) is 7.11 Å². The van der Waals surface area contributed by atoms with Crippen LogP contribution < -0.4 is 15.0 Å². The lowest BCUT2D eigenvalue weighted by Crippen LogP contribution is -3.07. The molecule has 1 heterocycles. The van der Waals surface area contributed by atoms with Crippen molar-refractivity contribution in [3.8, 4) is 17.2 Å². The van der Waals surface area contributed by atoms with Crippen LogP contribution in [0.5, 0.6) is 5.75 Å². The lowest BCUT2D eigenvalue weighted by molar-refractivity contribution is -0.890. The molecule has 0 spiro atoms. The van der Waals surface area contributed by atoms with Crippen LogP contribution in [0.25, 0.3) is 11.5 Å². The Labute approximate surface area is 174 Å². The number of rotatable bonds is 9. The van der Waals surface area contributed by atoms with Crippen LogP contribution in [0, 0.1) is 0 Å². The molecular formula is C21H25N4O3S+. The highest BCUT2D eigenvalue weighted by molar-refractivity contribution is 7.99. The molecule has 0 saturated heterocycles. The number of hydrogen-bond acceptors (Lipinski definition) is 6. The summed E-state index contributed by atoms with van der Waals surface area (Å²) in [5.41, 5.74) is 2.00. The van der Waals surface area contributed by atoms with Crippen molar-refractivity contribution in [1.82, 2.24) is 15.5 Å². The van der Waals surface area contributed by atoms with Gasteiger partial charge in [0, 0.05) is 11.1 Å². The Kier molecular flexibility index (Phi) is 7.26. The number of ether oxygens (including phenoxy) is 1. The summed E-state index contributed by atoms with van der Waals surface area (Å²) >= 11 is 1.22. The van der Waals surface area contributed by atoms with Gasteiger partial charge >= 0.3 is 0 Å². The molecule has 1 aromatic heterocycles. The van der Waals surface area contributed by atoms with Gasteiger partial charge in [-0.2, -0.15) is 0 Å². The summed E-state index contributed by atoms with van der Waals surface area (Å²) in [5.74, 6) is 1.32. The van der Waals surface area contributed by atoms with Crippen molar-refractivity contribution in [2.24, 2.45) is 0 Å². The highest BCUT2D eigenvalue weighted by Crippen LogP contribution is 2.24. The highest BCUT2D eigenvalue weighted by atomic mass is 32.2. The fourth-order valence-electron chi connectivity index (χ4n) is 2.85. The highest BCUT2D eigenvalue weighted by Gasteiger charge is 2.19. The number of benzene rings is 2. The molecule has 0 fully saturated rings. The summed E-state index contributed by atoms with van der Waals surface area (Å²) in [5, 5.41) is 11.4. The molecule has 1 amide bonds. The molecule has 2 N–H and O–H groups in total. The third kappa shape index (κ3) is 5.82. The predicted molar refractivity (Wildman–Crippen MR) is 112 cm³/mol. The van der Waals surface area contributed by atoms with Gasteiger partial charge in [-0.3, -0.25) is 4.79 Å². The van der Waals surface area contributed by atoms with Crippen molar-refractivity contribution >= 4 is 17.7 Å². The summed E-state index contributed by atoms with van der Waals surface area (Å²) in [6.07, 6.45) is 0. The Morgan fingerprint density at radius 2 is 1.86 bits per heavy atom. The average molecular weight is 414 g/mol. The van der Waals surface area contributed by atoms with Gasteiger partial charge in [-0.05, 0) is 24.3 Å². The van der Waals surface area contributed by atoms with Crippen molar-refractivity contribution < 1.29 is 18.8 Å². The van der Waals surface area contributed by atoms with Crippen molar-refractivity contribution in [3.05, 3.63) is 60.2 Å². The number of quaternary nitrogens is 1. The van der Waals surface area contributed by atoms with Gasteiger partial charge in [-0.1, -0.05) is 42.1 Å². The van der Waals surface area contributed by atoms with Gasteiger partial charge in [0.15, 0.2) is 0 Å². The maximum absolute atomic E-state index is 12.3. The number of likely N-dealkylation sites (N-methyl/N-ethyl adjacent to an activating group) is 1. The molecule has 152 valence electrons. The minimum Gasteiger partial charge on any atom is -0.497 e. The first-order valence-electron chi connectivity index (χ1n) is 9.29. The molecule has 1 atom stereocenters. The van der Waals surface area contributed by atoms with Gasteiger partial charge in [0.2, 0.25) is 11.8 Å². The molecule has 2 aromatic carbocycles. The average Bonchev–Trinajstić information content (AvgIpc) is 3.22.